The van der Waals surface area contributed by atoms with Crippen molar-refractivity contribution in [1.29, 1.82) is 0 Å². The van der Waals surface area contributed by atoms with Crippen LogP contribution >= 0.6 is 0 Å². The largest absolute Gasteiger partial charge is 0.396 e. The molecule has 2 heterocycles. The molecule has 0 saturated carbocycles. The van der Waals surface area contributed by atoms with Crippen LogP contribution in [0.1, 0.15) is 61.8 Å². The van der Waals surface area contributed by atoms with E-state index in [0.717, 1.165) is 19.3 Å². The van der Waals surface area contributed by atoms with Crippen molar-refractivity contribution in [1.82, 2.24) is 14.9 Å². The topological polar surface area (TPSA) is 92.3 Å². The minimum atomic E-state index is -0.144. The van der Waals surface area contributed by atoms with Crippen LogP contribution in [-0.4, -0.2) is 45.1 Å². The summed E-state index contributed by atoms with van der Waals surface area (Å²) in [6.45, 7) is 4.75. The number of aliphatic hydroxyl groups excluding tert-OH is 1. The first-order chi connectivity index (χ1) is 10.0. The molecule has 1 atom stereocenters. The van der Waals surface area contributed by atoms with Gasteiger partial charge in [0.05, 0.1) is 11.9 Å². The zero-order chi connectivity index (χ0) is 15.4. The van der Waals surface area contributed by atoms with Gasteiger partial charge in [-0.15, -0.1) is 0 Å². The standard InChI is InChI=1S/C15H24N4O2/c1-10(2)14-17-9-12(16)13(18-14)15(21)19-7-4-3-5-11(19)6-8-20/h9-11,20H,3-8,16H2,1-2H3. The lowest BCUT2D eigenvalue weighted by Gasteiger charge is -2.35. The number of carbonyl (C=O) groups excluding carboxylic acids is 1. The number of likely N-dealkylation sites (tertiary alicyclic amines) is 1. The Morgan fingerprint density at radius 3 is 2.95 bits per heavy atom. The molecule has 1 aliphatic rings. The van der Waals surface area contributed by atoms with E-state index in [9.17, 15) is 9.90 Å². The average Bonchev–Trinajstić information content (AvgIpc) is 2.47. The van der Waals surface area contributed by atoms with Gasteiger partial charge in [0.25, 0.3) is 5.91 Å². The molecule has 3 N–H and O–H groups in total. The quantitative estimate of drug-likeness (QED) is 0.878. The van der Waals surface area contributed by atoms with E-state index in [1.807, 2.05) is 18.7 Å². The third kappa shape index (κ3) is 3.50. The minimum absolute atomic E-state index is 0.0770. The monoisotopic (exact) mass is 292 g/mol. The lowest BCUT2D eigenvalue weighted by Crippen LogP contribution is -2.44. The van der Waals surface area contributed by atoms with Crippen LogP contribution in [0.25, 0.3) is 0 Å². The Kier molecular flexibility index (Phi) is 5.12. The summed E-state index contributed by atoms with van der Waals surface area (Å²) >= 11 is 0. The van der Waals surface area contributed by atoms with Crippen molar-refractivity contribution in [3.8, 4) is 0 Å². The van der Waals surface area contributed by atoms with Gasteiger partial charge < -0.3 is 15.7 Å². The molecule has 1 unspecified atom stereocenters. The molecule has 1 saturated heterocycles. The highest BCUT2D eigenvalue weighted by Gasteiger charge is 2.29. The Morgan fingerprint density at radius 2 is 2.29 bits per heavy atom. The van der Waals surface area contributed by atoms with Gasteiger partial charge in [-0.1, -0.05) is 13.8 Å². The number of hydrogen-bond donors (Lipinski definition) is 2. The molecule has 0 radical (unpaired) electrons. The summed E-state index contributed by atoms with van der Waals surface area (Å²) in [5.41, 5.74) is 6.50. The second-order valence-electron chi connectivity index (χ2n) is 5.85. The predicted octanol–water partition coefficient (Wildman–Crippen LogP) is 1.56. The minimum Gasteiger partial charge on any atom is -0.396 e. The molecular weight excluding hydrogens is 268 g/mol. The molecule has 6 nitrogen and oxygen atoms in total. The third-order valence-corrected chi connectivity index (χ3v) is 3.90. The van der Waals surface area contributed by atoms with Gasteiger partial charge in [0, 0.05) is 25.1 Å². The number of aliphatic hydroxyl groups is 1. The average molecular weight is 292 g/mol. The SMILES string of the molecule is CC(C)c1ncc(N)c(C(=O)N2CCCCC2CCO)n1. The number of hydrogen-bond acceptors (Lipinski definition) is 5. The lowest BCUT2D eigenvalue weighted by atomic mass is 9.99. The smallest absolute Gasteiger partial charge is 0.274 e. The van der Waals surface area contributed by atoms with E-state index in [4.69, 9.17) is 5.73 Å². The normalized spacial score (nSPS) is 19.0. The molecule has 0 bridgehead atoms. The highest BCUT2D eigenvalue weighted by atomic mass is 16.3. The van der Waals surface area contributed by atoms with E-state index in [1.165, 1.54) is 6.20 Å². The van der Waals surface area contributed by atoms with Gasteiger partial charge in [0.15, 0.2) is 5.69 Å². The predicted molar refractivity (Wildman–Crippen MR) is 80.9 cm³/mol. The molecular formula is C15H24N4O2. The number of piperidine rings is 1. The molecule has 116 valence electrons. The Labute approximate surface area is 125 Å². The molecule has 1 aromatic heterocycles. The first-order valence-electron chi connectivity index (χ1n) is 7.58. The zero-order valence-corrected chi connectivity index (χ0v) is 12.7. The van der Waals surface area contributed by atoms with Gasteiger partial charge in [-0.2, -0.15) is 0 Å². The molecule has 1 amide bonds. The summed E-state index contributed by atoms with van der Waals surface area (Å²) in [6, 6.07) is 0.0770. The van der Waals surface area contributed by atoms with Crippen molar-refractivity contribution in [3.05, 3.63) is 17.7 Å². The Hall–Kier alpha value is -1.69. The summed E-state index contributed by atoms with van der Waals surface area (Å²) < 4.78 is 0. The van der Waals surface area contributed by atoms with E-state index >= 15 is 0 Å². The summed E-state index contributed by atoms with van der Waals surface area (Å²) in [4.78, 5) is 23.1. The van der Waals surface area contributed by atoms with Crippen molar-refractivity contribution in [2.24, 2.45) is 0 Å². The van der Waals surface area contributed by atoms with Crippen molar-refractivity contribution in [2.45, 2.75) is 51.5 Å². The maximum Gasteiger partial charge on any atom is 0.274 e. The molecule has 0 aromatic carbocycles. The van der Waals surface area contributed by atoms with Crippen molar-refractivity contribution in [3.63, 3.8) is 0 Å². The van der Waals surface area contributed by atoms with E-state index in [0.29, 0.717) is 30.2 Å². The summed E-state index contributed by atoms with van der Waals surface area (Å²) in [6.07, 6.45) is 5.11. The number of nitrogens with two attached hydrogens (primary N) is 1. The van der Waals surface area contributed by atoms with Crippen LogP contribution in [0.4, 0.5) is 5.69 Å². The van der Waals surface area contributed by atoms with E-state index in [-0.39, 0.29) is 24.5 Å². The number of aromatic nitrogens is 2. The highest BCUT2D eigenvalue weighted by Crippen LogP contribution is 2.23. The third-order valence-electron chi connectivity index (χ3n) is 3.90. The van der Waals surface area contributed by atoms with E-state index in [2.05, 4.69) is 9.97 Å². The summed E-state index contributed by atoms with van der Waals surface area (Å²) in [7, 11) is 0. The molecule has 0 spiro atoms. The van der Waals surface area contributed by atoms with Crippen LogP contribution in [0.3, 0.4) is 0 Å². The van der Waals surface area contributed by atoms with Crippen LogP contribution in [0.15, 0.2) is 6.20 Å². The summed E-state index contributed by atoms with van der Waals surface area (Å²) in [5.74, 6) is 0.630. The van der Waals surface area contributed by atoms with Gasteiger partial charge >= 0.3 is 0 Å². The van der Waals surface area contributed by atoms with Crippen LogP contribution in [0, 0.1) is 0 Å². The number of anilines is 1. The number of carbonyl (C=O) groups is 1. The van der Waals surface area contributed by atoms with Gasteiger partial charge in [0.1, 0.15) is 5.82 Å². The van der Waals surface area contributed by atoms with E-state index in [1.54, 1.807) is 0 Å². The van der Waals surface area contributed by atoms with Crippen molar-refractivity contribution in [2.75, 3.05) is 18.9 Å². The fourth-order valence-corrected chi connectivity index (χ4v) is 2.71. The fraction of sp³-hybridized carbons (Fsp3) is 0.667. The molecule has 2 rings (SSSR count). The van der Waals surface area contributed by atoms with Crippen molar-refractivity contribution >= 4 is 11.6 Å². The zero-order valence-electron chi connectivity index (χ0n) is 12.7. The summed E-state index contributed by atoms with van der Waals surface area (Å²) in [5, 5.41) is 9.17. The fourth-order valence-electron chi connectivity index (χ4n) is 2.71. The van der Waals surface area contributed by atoms with Crippen LogP contribution in [0.5, 0.6) is 0 Å². The Bertz CT molecular complexity index is 502. The number of rotatable bonds is 4. The van der Waals surface area contributed by atoms with Crippen LogP contribution < -0.4 is 5.73 Å². The van der Waals surface area contributed by atoms with Gasteiger partial charge in [-0.3, -0.25) is 4.79 Å². The van der Waals surface area contributed by atoms with Crippen LogP contribution in [0.2, 0.25) is 0 Å². The van der Waals surface area contributed by atoms with E-state index < -0.39 is 0 Å². The molecule has 1 aromatic rings. The second-order valence-corrected chi connectivity index (χ2v) is 5.85. The molecule has 1 aliphatic heterocycles. The Morgan fingerprint density at radius 1 is 1.52 bits per heavy atom. The molecule has 0 aliphatic carbocycles. The maximum atomic E-state index is 12.8. The maximum absolute atomic E-state index is 12.8. The number of amides is 1. The first-order valence-corrected chi connectivity index (χ1v) is 7.58. The van der Waals surface area contributed by atoms with Crippen molar-refractivity contribution < 1.29 is 9.90 Å². The second kappa shape index (κ2) is 6.85. The lowest BCUT2D eigenvalue weighted by molar-refractivity contribution is 0.0569. The number of nitrogens with zero attached hydrogens (tertiary/aromatic N) is 3. The van der Waals surface area contributed by atoms with Gasteiger partial charge in [-0.05, 0) is 25.7 Å². The highest BCUT2D eigenvalue weighted by molar-refractivity contribution is 5.97. The van der Waals surface area contributed by atoms with Crippen LogP contribution in [-0.2, 0) is 0 Å². The first kappa shape index (κ1) is 15.7. The molecule has 1 fully saturated rings. The molecule has 6 heteroatoms. The Balaban J connectivity index is 2.27. The van der Waals surface area contributed by atoms with Gasteiger partial charge in [0.2, 0.25) is 0 Å². The number of nitrogen functional groups attached to an aromatic ring is 1. The molecule has 21 heavy (non-hydrogen) atoms. The van der Waals surface area contributed by atoms with Gasteiger partial charge in [-0.25, -0.2) is 9.97 Å².